The second kappa shape index (κ2) is 22.8. The summed E-state index contributed by atoms with van der Waals surface area (Å²) in [6, 6.07) is 36.4. The lowest BCUT2D eigenvalue weighted by Crippen LogP contribution is -2.70. The van der Waals surface area contributed by atoms with E-state index in [9.17, 15) is 20.3 Å². The molecule has 0 saturated heterocycles. The van der Waals surface area contributed by atoms with Gasteiger partial charge in [0.15, 0.2) is 0 Å². The largest absolute Gasteiger partial charge is 0.493 e. The molecule has 5 aromatic rings. The number of hydrogen-bond acceptors (Lipinski definition) is 11. The second-order valence-corrected chi connectivity index (χ2v) is 20.0. The standard InChI is InChI=1S/C57H63N3O9S/c1-2-31-67-57-53(59(56(63)41-23-24-41)37-43-16-12-15-40-13-6-7-19-47(40)43)36-51(58-68-38-39-21-25-44(26-22-39)60(64)65)49-34-42(14-8-10-29-61)48(20-9-11-30-62)54(55(49)57)50-35-45(27-28-52(50)69-57)66-32-33-70-46-17-4-3-5-18-46/h2-7,12-13,15-19,21-22,25-28,34-35,41-42,48,53-55,61-62H,1,8-11,14,20,23-24,29-33,36-38H2. The molecule has 366 valence electrons. The zero-order valence-corrected chi connectivity index (χ0v) is 40.4. The number of carbonyl (C=O) groups excluding carboxylic acids is 1. The molecule has 0 spiro atoms. The molecular formula is C57H63N3O9S. The number of allylic oxidation sites excluding steroid dienone is 1. The third-order valence-electron chi connectivity index (χ3n) is 14.4. The number of unbranched alkanes of at least 4 members (excludes halogenated alkanes) is 2. The molecule has 0 radical (unpaired) electrons. The first-order valence-corrected chi connectivity index (χ1v) is 25.8. The van der Waals surface area contributed by atoms with Crippen molar-refractivity contribution in [1.29, 1.82) is 0 Å². The molecule has 2 fully saturated rings. The molecule has 3 aliphatic carbocycles. The average molecular weight is 966 g/mol. The number of aliphatic hydroxyl groups excluding tert-OH is 2. The highest BCUT2D eigenvalue weighted by Crippen LogP contribution is 2.62. The topological polar surface area (TPSA) is 153 Å². The molecule has 0 bridgehead atoms. The highest BCUT2D eigenvalue weighted by Gasteiger charge is 2.66. The number of benzene rings is 5. The van der Waals surface area contributed by atoms with Crippen molar-refractivity contribution in [3.8, 4) is 11.5 Å². The number of thioether (sulfide) groups is 1. The van der Waals surface area contributed by atoms with E-state index in [1.807, 2.05) is 53.4 Å². The van der Waals surface area contributed by atoms with Crippen LogP contribution in [0.5, 0.6) is 11.5 Å². The molecule has 9 rings (SSSR count). The molecule has 1 amide bonds. The normalized spacial score (nSPS) is 22.9. The number of aliphatic hydroxyl groups is 2. The lowest BCUT2D eigenvalue weighted by Gasteiger charge is -2.60. The van der Waals surface area contributed by atoms with Crippen LogP contribution in [0.3, 0.4) is 0 Å². The fourth-order valence-corrected chi connectivity index (χ4v) is 11.7. The second-order valence-electron chi connectivity index (χ2n) is 18.9. The fourth-order valence-electron chi connectivity index (χ4n) is 11.0. The van der Waals surface area contributed by atoms with Crippen LogP contribution in [0.2, 0.25) is 0 Å². The number of hydrogen-bond donors (Lipinski definition) is 2. The molecule has 6 atom stereocenters. The number of non-ortho nitro benzene ring substituents is 1. The van der Waals surface area contributed by atoms with Gasteiger partial charge < -0.3 is 34.2 Å². The number of nitrogens with zero attached hydrogens (tertiary/aromatic N) is 3. The van der Waals surface area contributed by atoms with Crippen molar-refractivity contribution in [2.45, 2.75) is 93.6 Å². The van der Waals surface area contributed by atoms with Crippen LogP contribution in [0.25, 0.3) is 10.8 Å². The van der Waals surface area contributed by atoms with E-state index in [1.165, 1.54) is 17.0 Å². The van der Waals surface area contributed by atoms with Gasteiger partial charge in [-0.1, -0.05) is 90.8 Å². The van der Waals surface area contributed by atoms with E-state index in [1.54, 1.807) is 30.0 Å². The SMILES string of the molecule is C=CCOC12Oc3ccc(OCCSc4ccccc4)cc3C3C(CCCCO)C(CCCCO)C=C(C(=NOCc4ccc([N+](=O)[O-])cc4)CC1N(Cc1cccc4ccccc14)C(=O)C1CC1)C32. The predicted molar refractivity (Wildman–Crippen MR) is 273 cm³/mol. The van der Waals surface area contributed by atoms with E-state index >= 15 is 4.79 Å². The van der Waals surface area contributed by atoms with Gasteiger partial charge in [-0.3, -0.25) is 14.9 Å². The Bertz CT molecular complexity index is 2670. The number of oxime groups is 1. The smallest absolute Gasteiger partial charge is 0.269 e. The first kappa shape index (κ1) is 49.0. The third-order valence-corrected chi connectivity index (χ3v) is 15.3. The highest BCUT2D eigenvalue weighted by atomic mass is 32.2. The monoisotopic (exact) mass is 965 g/mol. The van der Waals surface area contributed by atoms with E-state index in [2.05, 4.69) is 55.1 Å². The van der Waals surface area contributed by atoms with Gasteiger partial charge in [-0.15, -0.1) is 18.3 Å². The van der Waals surface area contributed by atoms with Gasteiger partial charge in [0.25, 0.3) is 5.69 Å². The molecular weight excluding hydrogens is 903 g/mol. The summed E-state index contributed by atoms with van der Waals surface area (Å²) in [6.45, 7) is 5.30. The van der Waals surface area contributed by atoms with Crippen LogP contribution in [-0.2, 0) is 27.5 Å². The number of fused-ring (bicyclic) bond motifs is 3. The maximum absolute atomic E-state index is 15.2. The Hall–Kier alpha value is -5.99. The van der Waals surface area contributed by atoms with Gasteiger partial charge in [-0.25, -0.2) is 0 Å². The minimum absolute atomic E-state index is 0.0101. The summed E-state index contributed by atoms with van der Waals surface area (Å²) in [5.41, 5.74) is 4.33. The summed E-state index contributed by atoms with van der Waals surface area (Å²) in [4.78, 5) is 35.7. The quantitative estimate of drug-likeness (QED) is 0.0201. The Morgan fingerprint density at radius 1 is 0.929 bits per heavy atom. The van der Waals surface area contributed by atoms with Crippen molar-refractivity contribution in [3.05, 3.63) is 166 Å². The zero-order valence-electron chi connectivity index (χ0n) is 39.6. The summed E-state index contributed by atoms with van der Waals surface area (Å²) in [6.07, 6.45) is 10.5. The molecule has 6 unspecified atom stereocenters. The Kier molecular flexibility index (Phi) is 16.0. The van der Waals surface area contributed by atoms with Crippen molar-refractivity contribution in [2.75, 3.05) is 32.2 Å². The molecule has 1 aliphatic heterocycles. The molecule has 2 N–H and O–H groups in total. The summed E-state index contributed by atoms with van der Waals surface area (Å²) in [5.74, 6) is 0.0384. The van der Waals surface area contributed by atoms with Gasteiger partial charge in [-0.2, -0.15) is 0 Å². The summed E-state index contributed by atoms with van der Waals surface area (Å²) in [7, 11) is 0. The summed E-state index contributed by atoms with van der Waals surface area (Å²) < 4.78 is 21.3. The number of carbonyl (C=O) groups is 1. The highest BCUT2D eigenvalue weighted by molar-refractivity contribution is 7.99. The number of nitro benzene ring substituents is 1. The maximum Gasteiger partial charge on any atom is 0.269 e. The Balaban J connectivity index is 1.20. The van der Waals surface area contributed by atoms with E-state index < -0.39 is 22.7 Å². The van der Waals surface area contributed by atoms with E-state index in [0.29, 0.717) is 37.5 Å². The molecule has 13 heteroatoms. The Labute approximate surface area is 414 Å². The van der Waals surface area contributed by atoms with Gasteiger partial charge in [0.05, 0.1) is 29.8 Å². The van der Waals surface area contributed by atoms with Crippen LogP contribution in [0.1, 0.15) is 80.4 Å². The van der Waals surface area contributed by atoms with Crippen LogP contribution in [-0.4, -0.2) is 75.7 Å². The van der Waals surface area contributed by atoms with Crippen molar-refractivity contribution < 1.29 is 39.0 Å². The molecule has 1 heterocycles. The molecule has 12 nitrogen and oxygen atoms in total. The van der Waals surface area contributed by atoms with Crippen LogP contribution < -0.4 is 9.47 Å². The zero-order chi connectivity index (χ0) is 48.5. The van der Waals surface area contributed by atoms with Gasteiger partial charge in [-0.05, 0) is 120 Å². The molecule has 4 aliphatic rings. The van der Waals surface area contributed by atoms with Crippen LogP contribution in [0.4, 0.5) is 5.69 Å². The van der Waals surface area contributed by atoms with Crippen molar-refractivity contribution in [1.82, 2.24) is 4.90 Å². The molecule has 0 aromatic heterocycles. The van der Waals surface area contributed by atoms with E-state index in [4.69, 9.17) is 24.2 Å². The van der Waals surface area contributed by atoms with E-state index in [-0.39, 0.29) is 68.1 Å². The van der Waals surface area contributed by atoms with Gasteiger partial charge >= 0.3 is 0 Å². The molecule has 70 heavy (non-hydrogen) atoms. The minimum Gasteiger partial charge on any atom is -0.493 e. The lowest BCUT2D eigenvalue weighted by molar-refractivity contribution is -0.384. The fraction of sp³-hybridized carbons (Fsp3) is 0.404. The number of ether oxygens (including phenoxy) is 3. The number of rotatable bonds is 24. The van der Waals surface area contributed by atoms with Crippen molar-refractivity contribution >= 4 is 39.8 Å². The Morgan fingerprint density at radius 2 is 1.69 bits per heavy atom. The maximum atomic E-state index is 15.2. The first-order valence-electron chi connectivity index (χ1n) is 24.8. The number of nitro groups is 1. The Morgan fingerprint density at radius 3 is 2.44 bits per heavy atom. The minimum atomic E-state index is -1.41. The van der Waals surface area contributed by atoms with Crippen molar-refractivity contribution in [3.63, 3.8) is 0 Å². The predicted octanol–water partition coefficient (Wildman–Crippen LogP) is 11.2. The first-order chi connectivity index (χ1) is 34.3. The van der Waals surface area contributed by atoms with Crippen LogP contribution in [0, 0.1) is 33.8 Å². The van der Waals surface area contributed by atoms with Crippen LogP contribution in [0.15, 0.2) is 150 Å². The number of amides is 1. The lowest BCUT2D eigenvalue weighted by atomic mass is 9.55. The van der Waals surface area contributed by atoms with Gasteiger partial charge in [0.2, 0.25) is 11.7 Å². The van der Waals surface area contributed by atoms with Crippen LogP contribution >= 0.6 is 11.8 Å². The average Bonchev–Trinajstić information content (AvgIpc) is 4.24. The van der Waals surface area contributed by atoms with E-state index in [0.717, 1.165) is 83.1 Å². The third kappa shape index (κ3) is 10.8. The molecule has 5 aromatic carbocycles. The summed E-state index contributed by atoms with van der Waals surface area (Å²) in [5, 5.41) is 38.7. The van der Waals surface area contributed by atoms with Gasteiger partial charge in [0.1, 0.15) is 24.1 Å². The van der Waals surface area contributed by atoms with Gasteiger partial charge in [0, 0.05) is 66.4 Å². The van der Waals surface area contributed by atoms with Crippen molar-refractivity contribution in [2.24, 2.45) is 28.8 Å². The molecule has 2 saturated carbocycles. The summed E-state index contributed by atoms with van der Waals surface area (Å²) >= 11 is 1.74.